The molecule has 0 saturated carbocycles. The first-order valence-corrected chi connectivity index (χ1v) is 11.2. The third-order valence-electron chi connectivity index (χ3n) is 6.80. The summed E-state index contributed by atoms with van der Waals surface area (Å²) in [6, 6.07) is 12.1. The molecule has 3 aliphatic heterocycles. The lowest BCUT2D eigenvalue weighted by molar-refractivity contribution is -0.137. The number of nitrogens with zero attached hydrogens (tertiary/aromatic N) is 2. The normalized spacial score (nSPS) is 21.8. The van der Waals surface area contributed by atoms with Crippen molar-refractivity contribution in [3.8, 4) is 0 Å². The zero-order valence-electron chi connectivity index (χ0n) is 18.7. The van der Waals surface area contributed by atoms with Gasteiger partial charge < -0.3 is 15.1 Å². The minimum atomic E-state index is -0.664. The van der Waals surface area contributed by atoms with Crippen LogP contribution in [-0.2, 0) is 32.3 Å². The molecule has 0 aromatic heterocycles. The maximum atomic E-state index is 13.0. The molecule has 3 aliphatic rings. The minimum absolute atomic E-state index is 0.100. The number of benzene rings is 2. The molecule has 3 heterocycles. The molecule has 1 saturated heterocycles. The fourth-order valence-corrected chi connectivity index (χ4v) is 4.90. The van der Waals surface area contributed by atoms with Crippen molar-refractivity contribution >= 4 is 35.2 Å². The van der Waals surface area contributed by atoms with Gasteiger partial charge in [-0.3, -0.25) is 29.3 Å². The van der Waals surface area contributed by atoms with Crippen LogP contribution in [-0.4, -0.2) is 47.5 Å². The van der Waals surface area contributed by atoms with E-state index in [1.807, 2.05) is 36.4 Å². The Hall–Kier alpha value is -4.01. The van der Waals surface area contributed by atoms with E-state index in [2.05, 4.69) is 10.6 Å². The van der Waals surface area contributed by atoms with Gasteiger partial charge in [0.1, 0.15) is 6.04 Å². The van der Waals surface area contributed by atoms with E-state index in [1.54, 1.807) is 18.0 Å². The number of carbonyl (C=O) groups is 5. The van der Waals surface area contributed by atoms with E-state index in [1.165, 1.54) is 4.90 Å². The van der Waals surface area contributed by atoms with Crippen LogP contribution in [0.15, 0.2) is 42.5 Å². The number of nitrogens with one attached hydrogen (secondary N) is 2. The predicted octanol–water partition coefficient (Wildman–Crippen LogP) is 1.21. The number of imide groups is 1. The van der Waals surface area contributed by atoms with Gasteiger partial charge in [-0.25, -0.2) is 0 Å². The highest BCUT2D eigenvalue weighted by atomic mass is 16.2. The molecular weight excluding hydrogens is 436 g/mol. The first-order chi connectivity index (χ1) is 16.3. The summed E-state index contributed by atoms with van der Waals surface area (Å²) >= 11 is 0. The average molecular weight is 460 g/mol. The second-order valence-electron chi connectivity index (χ2n) is 8.88. The van der Waals surface area contributed by atoms with E-state index in [4.69, 9.17) is 0 Å². The predicted molar refractivity (Wildman–Crippen MR) is 122 cm³/mol. The molecule has 2 aromatic rings. The Bertz CT molecular complexity index is 1240. The largest absolute Gasteiger partial charge is 0.351 e. The zero-order valence-corrected chi connectivity index (χ0v) is 18.7. The summed E-state index contributed by atoms with van der Waals surface area (Å²) < 4.78 is 0. The summed E-state index contributed by atoms with van der Waals surface area (Å²) in [6.45, 7) is 0.516. The van der Waals surface area contributed by atoms with Crippen molar-refractivity contribution < 1.29 is 24.0 Å². The van der Waals surface area contributed by atoms with Gasteiger partial charge >= 0.3 is 0 Å². The number of rotatable bonds is 4. The molecule has 2 atom stereocenters. The molecular formula is C25H24N4O5. The highest BCUT2D eigenvalue weighted by Gasteiger charge is 2.39. The maximum absolute atomic E-state index is 13.0. The lowest BCUT2D eigenvalue weighted by atomic mass is 9.89. The van der Waals surface area contributed by atoms with E-state index in [9.17, 15) is 24.0 Å². The molecule has 34 heavy (non-hydrogen) atoms. The molecule has 9 heteroatoms. The Morgan fingerprint density at radius 2 is 1.91 bits per heavy atom. The molecule has 2 unspecified atom stereocenters. The number of para-hydroxylation sites is 1. The van der Waals surface area contributed by atoms with Gasteiger partial charge in [-0.05, 0) is 35.2 Å². The van der Waals surface area contributed by atoms with Crippen molar-refractivity contribution in [1.82, 2.24) is 15.5 Å². The number of fused-ring (bicyclic) bond motifs is 2. The highest BCUT2D eigenvalue weighted by Crippen LogP contribution is 2.35. The second kappa shape index (κ2) is 8.40. The van der Waals surface area contributed by atoms with Crippen LogP contribution < -0.4 is 15.5 Å². The Morgan fingerprint density at radius 1 is 1.12 bits per heavy atom. The smallest absolute Gasteiger partial charge is 0.255 e. The molecule has 0 radical (unpaired) electrons. The molecule has 0 spiro atoms. The lowest BCUT2D eigenvalue weighted by Gasteiger charge is -2.30. The number of piperidine rings is 1. The van der Waals surface area contributed by atoms with Gasteiger partial charge in [0.2, 0.25) is 23.6 Å². The van der Waals surface area contributed by atoms with E-state index < -0.39 is 17.9 Å². The number of hydrogen-bond acceptors (Lipinski definition) is 5. The van der Waals surface area contributed by atoms with Crippen molar-refractivity contribution in [2.24, 2.45) is 0 Å². The van der Waals surface area contributed by atoms with Gasteiger partial charge in [0, 0.05) is 44.2 Å². The fraction of sp³-hybridized carbons (Fsp3) is 0.320. The van der Waals surface area contributed by atoms with Gasteiger partial charge in [0.05, 0.1) is 5.92 Å². The van der Waals surface area contributed by atoms with Crippen LogP contribution in [0.25, 0.3) is 0 Å². The van der Waals surface area contributed by atoms with Crippen LogP contribution in [0.2, 0.25) is 0 Å². The zero-order chi connectivity index (χ0) is 24.0. The van der Waals surface area contributed by atoms with E-state index in [0.29, 0.717) is 18.5 Å². The van der Waals surface area contributed by atoms with Gasteiger partial charge in [0.15, 0.2) is 0 Å². The van der Waals surface area contributed by atoms with Crippen molar-refractivity contribution in [3.05, 3.63) is 64.7 Å². The molecule has 2 aromatic carbocycles. The highest BCUT2D eigenvalue weighted by molar-refractivity contribution is 6.05. The standard InChI is InChI=1S/C25H24N4O5/c1-28-19-5-3-2-4-16(19)18(11-22(28)31)23(32)26-12-14-6-7-15-13-29(25(34)17(15)10-14)20-8-9-21(30)27-24(20)33/h2-7,10,18,20H,8-9,11-13H2,1H3,(H,26,32)(H,27,30,33). The Labute approximate surface area is 196 Å². The number of hydrogen-bond donors (Lipinski definition) is 2. The van der Waals surface area contributed by atoms with Crippen LogP contribution in [0.5, 0.6) is 0 Å². The van der Waals surface area contributed by atoms with Gasteiger partial charge in [-0.15, -0.1) is 0 Å². The quantitative estimate of drug-likeness (QED) is 0.666. The first kappa shape index (κ1) is 21.8. The van der Waals surface area contributed by atoms with Gasteiger partial charge in [0.25, 0.3) is 5.91 Å². The van der Waals surface area contributed by atoms with Gasteiger partial charge in [-0.2, -0.15) is 0 Å². The molecule has 174 valence electrons. The molecule has 5 rings (SSSR count). The third-order valence-corrected chi connectivity index (χ3v) is 6.80. The number of amides is 5. The Balaban J connectivity index is 1.28. The van der Waals surface area contributed by atoms with E-state index >= 15 is 0 Å². The Kier molecular flexibility index (Phi) is 5.39. The van der Waals surface area contributed by atoms with Gasteiger partial charge in [-0.1, -0.05) is 30.3 Å². The lowest BCUT2D eigenvalue weighted by Crippen LogP contribution is -2.52. The van der Waals surface area contributed by atoms with E-state index in [-0.39, 0.29) is 43.0 Å². The van der Waals surface area contributed by atoms with Crippen LogP contribution in [0.4, 0.5) is 5.69 Å². The second-order valence-corrected chi connectivity index (χ2v) is 8.88. The maximum Gasteiger partial charge on any atom is 0.255 e. The third kappa shape index (κ3) is 3.72. The molecule has 5 amide bonds. The SMILES string of the molecule is CN1C(=O)CC(C(=O)NCc2ccc3c(c2)C(=O)N(C2CCC(=O)NC2=O)C3)c2ccccc21. The molecule has 9 nitrogen and oxygen atoms in total. The monoisotopic (exact) mass is 460 g/mol. The summed E-state index contributed by atoms with van der Waals surface area (Å²) in [5.41, 5.74) is 3.59. The van der Waals surface area contributed by atoms with Crippen molar-refractivity contribution in [2.45, 2.75) is 44.3 Å². The summed E-state index contributed by atoms with van der Waals surface area (Å²) in [5.74, 6) is -1.96. The van der Waals surface area contributed by atoms with Crippen LogP contribution in [0.1, 0.15) is 52.2 Å². The topological polar surface area (TPSA) is 116 Å². The Morgan fingerprint density at radius 3 is 2.71 bits per heavy atom. The van der Waals surface area contributed by atoms with Crippen LogP contribution in [0, 0.1) is 0 Å². The summed E-state index contributed by atoms with van der Waals surface area (Å²) in [4.78, 5) is 65.1. The van der Waals surface area contributed by atoms with Crippen molar-refractivity contribution in [3.63, 3.8) is 0 Å². The number of anilines is 1. The first-order valence-electron chi connectivity index (χ1n) is 11.2. The van der Waals surface area contributed by atoms with Crippen LogP contribution in [0.3, 0.4) is 0 Å². The van der Waals surface area contributed by atoms with Crippen molar-refractivity contribution in [1.29, 1.82) is 0 Å². The fourth-order valence-electron chi connectivity index (χ4n) is 4.90. The summed E-state index contributed by atoms with van der Waals surface area (Å²) in [6.07, 6.45) is 0.615. The molecule has 1 fully saturated rings. The van der Waals surface area contributed by atoms with E-state index in [0.717, 1.165) is 22.4 Å². The van der Waals surface area contributed by atoms with Crippen molar-refractivity contribution in [2.75, 3.05) is 11.9 Å². The van der Waals surface area contributed by atoms with Crippen LogP contribution >= 0.6 is 0 Å². The molecule has 2 N–H and O–H groups in total. The average Bonchev–Trinajstić information content (AvgIpc) is 3.15. The minimum Gasteiger partial charge on any atom is -0.351 e. The summed E-state index contributed by atoms with van der Waals surface area (Å²) in [5, 5.41) is 5.20. The summed E-state index contributed by atoms with van der Waals surface area (Å²) in [7, 11) is 1.70. The molecule has 0 aliphatic carbocycles. The molecule has 0 bridgehead atoms. The number of carbonyl (C=O) groups excluding carboxylic acids is 5.